The topological polar surface area (TPSA) is 55.6 Å². The van der Waals surface area contributed by atoms with Gasteiger partial charge in [0.15, 0.2) is 0 Å². The SMILES string of the molecule is CCOC(=O)C(N)C1CN(C(c2ccccc2)c2ccccc2)C1. The zero-order valence-electron chi connectivity index (χ0n) is 14.0. The molecule has 1 aliphatic heterocycles. The van der Waals surface area contributed by atoms with Crippen LogP contribution in [0.3, 0.4) is 0 Å². The average molecular weight is 324 g/mol. The van der Waals surface area contributed by atoms with E-state index in [-0.39, 0.29) is 17.9 Å². The quantitative estimate of drug-likeness (QED) is 0.830. The molecule has 2 N–H and O–H groups in total. The molecule has 0 spiro atoms. The fourth-order valence-electron chi connectivity index (χ4n) is 3.30. The normalized spacial score (nSPS) is 16.6. The summed E-state index contributed by atoms with van der Waals surface area (Å²) in [6.45, 7) is 3.78. The highest BCUT2D eigenvalue weighted by atomic mass is 16.5. The number of carbonyl (C=O) groups is 1. The molecule has 1 heterocycles. The predicted molar refractivity (Wildman–Crippen MR) is 94.4 cm³/mol. The van der Waals surface area contributed by atoms with Crippen LogP contribution in [0.1, 0.15) is 24.1 Å². The lowest BCUT2D eigenvalue weighted by molar-refractivity contribution is -0.148. The van der Waals surface area contributed by atoms with Crippen LogP contribution in [0, 0.1) is 5.92 Å². The summed E-state index contributed by atoms with van der Waals surface area (Å²) in [6, 6.07) is 20.6. The largest absolute Gasteiger partial charge is 0.465 e. The highest BCUT2D eigenvalue weighted by Gasteiger charge is 2.39. The number of rotatable bonds is 6. The molecule has 0 aliphatic carbocycles. The summed E-state index contributed by atoms with van der Waals surface area (Å²) in [4.78, 5) is 14.2. The van der Waals surface area contributed by atoms with Crippen LogP contribution in [0.25, 0.3) is 0 Å². The van der Waals surface area contributed by atoms with Gasteiger partial charge in [-0.25, -0.2) is 0 Å². The molecule has 2 aromatic carbocycles. The number of benzene rings is 2. The van der Waals surface area contributed by atoms with E-state index in [1.165, 1.54) is 11.1 Å². The Labute approximate surface area is 143 Å². The minimum atomic E-state index is -0.534. The number of carbonyl (C=O) groups excluding carboxylic acids is 1. The van der Waals surface area contributed by atoms with Crippen LogP contribution in [-0.4, -0.2) is 36.6 Å². The molecular weight excluding hydrogens is 300 g/mol. The third-order valence-electron chi connectivity index (χ3n) is 4.60. The van der Waals surface area contributed by atoms with Gasteiger partial charge in [-0.3, -0.25) is 9.69 Å². The summed E-state index contributed by atoms with van der Waals surface area (Å²) in [7, 11) is 0. The number of nitrogens with two attached hydrogens (primary N) is 1. The van der Waals surface area contributed by atoms with E-state index in [1.54, 1.807) is 6.92 Å². The first-order chi connectivity index (χ1) is 11.7. The van der Waals surface area contributed by atoms with Crippen molar-refractivity contribution in [3.63, 3.8) is 0 Å². The molecule has 0 saturated carbocycles. The van der Waals surface area contributed by atoms with Gasteiger partial charge < -0.3 is 10.5 Å². The molecule has 1 atom stereocenters. The van der Waals surface area contributed by atoms with E-state index < -0.39 is 6.04 Å². The zero-order chi connectivity index (χ0) is 16.9. The summed E-state index contributed by atoms with van der Waals surface area (Å²) < 4.78 is 5.04. The Bertz CT molecular complexity index is 614. The smallest absolute Gasteiger partial charge is 0.323 e. The van der Waals surface area contributed by atoms with Crippen molar-refractivity contribution in [1.82, 2.24) is 4.90 Å². The van der Waals surface area contributed by atoms with Crippen molar-refractivity contribution in [3.05, 3.63) is 71.8 Å². The summed E-state index contributed by atoms with van der Waals surface area (Å²) in [6.07, 6.45) is 0. The Morgan fingerprint density at radius 2 is 1.58 bits per heavy atom. The fraction of sp³-hybridized carbons (Fsp3) is 0.350. The highest BCUT2D eigenvalue weighted by molar-refractivity contribution is 5.76. The molecule has 0 amide bonds. The molecule has 24 heavy (non-hydrogen) atoms. The van der Waals surface area contributed by atoms with Crippen LogP contribution in [0.15, 0.2) is 60.7 Å². The first kappa shape index (κ1) is 16.7. The van der Waals surface area contributed by atoms with E-state index in [0.717, 1.165) is 13.1 Å². The van der Waals surface area contributed by atoms with E-state index in [2.05, 4.69) is 53.4 Å². The number of ether oxygens (including phenoxy) is 1. The first-order valence-corrected chi connectivity index (χ1v) is 8.47. The molecule has 1 fully saturated rings. The van der Waals surface area contributed by atoms with Gasteiger partial charge in [-0.15, -0.1) is 0 Å². The van der Waals surface area contributed by atoms with Crippen molar-refractivity contribution in [2.75, 3.05) is 19.7 Å². The van der Waals surface area contributed by atoms with Gasteiger partial charge in [0, 0.05) is 19.0 Å². The maximum absolute atomic E-state index is 11.8. The molecule has 1 saturated heterocycles. The lowest BCUT2D eigenvalue weighted by Crippen LogP contribution is -2.58. The molecule has 0 bridgehead atoms. The molecule has 1 aliphatic rings. The number of esters is 1. The minimum absolute atomic E-state index is 0.152. The lowest BCUT2D eigenvalue weighted by atomic mass is 9.86. The van der Waals surface area contributed by atoms with Crippen molar-refractivity contribution in [2.24, 2.45) is 11.7 Å². The van der Waals surface area contributed by atoms with Gasteiger partial charge in [-0.05, 0) is 18.1 Å². The van der Waals surface area contributed by atoms with Gasteiger partial charge in [0.25, 0.3) is 0 Å². The van der Waals surface area contributed by atoms with Gasteiger partial charge in [-0.2, -0.15) is 0 Å². The van der Waals surface area contributed by atoms with E-state index in [1.807, 2.05) is 12.1 Å². The van der Waals surface area contributed by atoms with Crippen LogP contribution in [-0.2, 0) is 9.53 Å². The summed E-state index contributed by atoms with van der Waals surface area (Å²) >= 11 is 0. The van der Waals surface area contributed by atoms with Crippen LogP contribution in [0.2, 0.25) is 0 Å². The molecule has 0 aromatic heterocycles. The summed E-state index contributed by atoms with van der Waals surface area (Å²) in [5.74, 6) is -0.142. The Morgan fingerprint density at radius 1 is 1.08 bits per heavy atom. The maximum Gasteiger partial charge on any atom is 0.323 e. The monoisotopic (exact) mass is 324 g/mol. The van der Waals surface area contributed by atoms with E-state index in [4.69, 9.17) is 10.5 Å². The number of hydrogen-bond donors (Lipinski definition) is 1. The van der Waals surface area contributed by atoms with Crippen LogP contribution < -0.4 is 5.73 Å². The van der Waals surface area contributed by atoms with Crippen molar-refractivity contribution >= 4 is 5.97 Å². The molecule has 3 rings (SSSR count). The van der Waals surface area contributed by atoms with Gasteiger partial charge in [0.05, 0.1) is 12.6 Å². The molecule has 2 aromatic rings. The molecule has 0 radical (unpaired) electrons. The van der Waals surface area contributed by atoms with Crippen LogP contribution in [0.4, 0.5) is 0 Å². The number of hydrogen-bond acceptors (Lipinski definition) is 4. The second-order valence-corrected chi connectivity index (χ2v) is 6.22. The van der Waals surface area contributed by atoms with E-state index in [9.17, 15) is 4.79 Å². The first-order valence-electron chi connectivity index (χ1n) is 8.47. The molecule has 1 unspecified atom stereocenters. The molecular formula is C20H24N2O2. The number of likely N-dealkylation sites (tertiary alicyclic amines) is 1. The van der Waals surface area contributed by atoms with Crippen molar-refractivity contribution < 1.29 is 9.53 Å². The molecule has 126 valence electrons. The van der Waals surface area contributed by atoms with Gasteiger partial charge >= 0.3 is 5.97 Å². The third-order valence-corrected chi connectivity index (χ3v) is 4.60. The molecule has 4 nitrogen and oxygen atoms in total. The standard InChI is InChI=1S/C20H24N2O2/c1-2-24-20(23)18(21)17-13-22(14-17)19(15-9-5-3-6-10-15)16-11-7-4-8-12-16/h3-12,17-19H,2,13-14,21H2,1H3. The Kier molecular flexibility index (Phi) is 5.28. The van der Waals surface area contributed by atoms with E-state index >= 15 is 0 Å². The molecule has 4 heteroatoms. The van der Waals surface area contributed by atoms with Gasteiger partial charge in [0.1, 0.15) is 6.04 Å². The van der Waals surface area contributed by atoms with Crippen LogP contribution >= 0.6 is 0 Å². The van der Waals surface area contributed by atoms with Crippen molar-refractivity contribution in [2.45, 2.75) is 19.0 Å². The van der Waals surface area contributed by atoms with E-state index in [0.29, 0.717) is 6.61 Å². The van der Waals surface area contributed by atoms with Crippen molar-refractivity contribution in [1.29, 1.82) is 0 Å². The Morgan fingerprint density at radius 3 is 2.04 bits per heavy atom. The van der Waals surface area contributed by atoms with Gasteiger partial charge in [0.2, 0.25) is 0 Å². The highest BCUT2D eigenvalue weighted by Crippen LogP contribution is 2.35. The number of nitrogens with zero attached hydrogens (tertiary/aromatic N) is 1. The summed E-state index contributed by atoms with van der Waals surface area (Å²) in [5.41, 5.74) is 8.56. The maximum atomic E-state index is 11.8. The average Bonchev–Trinajstić information content (AvgIpc) is 2.59. The second kappa shape index (κ2) is 7.60. The van der Waals surface area contributed by atoms with Gasteiger partial charge in [-0.1, -0.05) is 60.7 Å². The fourth-order valence-corrected chi connectivity index (χ4v) is 3.30. The summed E-state index contributed by atoms with van der Waals surface area (Å²) in [5, 5.41) is 0. The van der Waals surface area contributed by atoms with Crippen LogP contribution in [0.5, 0.6) is 0 Å². The Hall–Kier alpha value is -2.17. The predicted octanol–water partition coefficient (Wildman–Crippen LogP) is 2.60. The second-order valence-electron chi connectivity index (χ2n) is 6.22. The lowest BCUT2D eigenvalue weighted by Gasteiger charge is -2.46. The zero-order valence-corrected chi connectivity index (χ0v) is 14.0. The minimum Gasteiger partial charge on any atom is -0.465 e. The van der Waals surface area contributed by atoms with Crippen molar-refractivity contribution in [3.8, 4) is 0 Å². The Balaban J connectivity index is 1.74. The third kappa shape index (κ3) is 3.50.